The molecular formula is C23H26FN3O2. The molecule has 2 heterocycles. The number of nitrogens with zero attached hydrogens (tertiary/aromatic N) is 3. The highest BCUT2D eigenvalue weighted by Crippen LogP contribution is 2.34. The summed E-state index contributed by atoms with van der Waals surface area (Å²) in [6.07, 6.45) is 3.93. The predicted molar refractivity (Wildman–Crippen MR) is 110 cm³/mol. The number of halogens is 1. The Labute approximate surface area is 170 Å². The molecule has 6 heteroatoms. The first kappa shape index (κ1) is 19.6. The summed E-state index contributed by atoms with van der Waals surface area (Å²) in [6, 6.07) is 13.8. The molecule has 29 heavy (non-hydrogen) atoms. The zero-order chi connectivity index (χ0) is 20.2. The number of carbonyl (C=O) groups excluding carboxylic acids is 1. The maximum atomic E-state index is 14.5. The van der Waals surface area contributed by atoms with Gasteiger partial charge in [-0.05, 0) is 61.8 Å². The minimum atomic E-state index is -0.425. The molecule has 4 rings (SSSR count). The topological polar surface area (TPSA) is 45.1 Å². The van der Waals surface area contributed by atoms with Gasteiger partial charge in [-0.25, -0.2) is 9.40 Å². The summed E-state index contributed by atoms with van der Waals surface area (Å²) in [5.74, 6) is 0.374. The highest BCUT2D eigenvalue weighted by atomic mass is 19.1. The van der Waals surface area contributed by atoms with E-state index in [9.17, 15) is 9.18 Å². The van der Waals surface area contributed by atoms with Gasteiger partial charge < -0.3 is 4.74 Å². The second kappa shape index (κ2) is 8.74. The van der Waals surface area contributed by atoms with E-state index in [1.165, 1.54) is 17.5 Å². The van der Waals surface area contributed by atoms with Crippen LogP contribution in [0.25, 0.3) is 0 Å². The number of rotatable bonds is 5. The average Bonchev–Trinajstić information content (AvgIpc) is 3.20. The van der Waals surface area contributed by atoms with Crippen LogP contribution in [0.5, 0.6) is 5.75 Å². The summed E-state index contributed by atoms with van der Waals surface area (Å²) in [5.41, 5.74) is 2.21. The quantitative estimate of drug-likeness (QED) is 0.769. The smallest absolute Gasteiger partial charge is 0.257 e. The number of carbonyl (C=O) groups is 1. The number of amides is 1. The lowest BCUT2D eigenvalue weighted by molar-refractivity contribution is -0.134. The summed E-state index contributed by atoms with van der Waals surface area (Å²) in [7, 11) is 1.62. The number of hydrogen-bond donors (Lipinski definition) is 0. The van der Waals surface area contributed by atoms with Crippen molar-refractivity contribution < 1.29 is 13.9 Å². The minimum Gasteiger partial charge on any atom is -0.497 e. The molecule has 0 saturated carbocycles. The second-order valence-corrected chi connectivity index (χ2v) is 7.59. The molecule has 1 saturated heterocycles. The molecule has 0 unspecified atom stereocenters. The monoisotopic (exact) mass is 395 g/mol. The van der Waals surface area contributed by atoms with E-state index in [1.807, 2.05) is 24.3 Å². The third-order valence-corrected chi connectivity index (χ3v) is 5.66. The summed E-state index contributed by atoms with van der Waals surface area (Å²) < 4.78 is 19.8. The highest BCUT2D eigenvalue weighted by molar-refractivity contribution is 6.03. The van der Waals surface area contributed by atoms with Crippen molar-refractivity contribution in [3.8, 4) is 5.75 Å². The molecule has 0 spiro atoms. The number of hydrogen-bond acceptors (Lipinski definition) is 4. The number of benzene rings is 2. The van der Waals surface area contributed by atoms with E-state index >= 15 is 0 Å². The van der Waals surface area contributed by atoms with Gasteiger partial charge >= 0.3 is 0 Å². The number of methoxy groups -OCH3 is 1. The Morgan fingerprint density at radius 2 is 1.83 bits per heavy atom. The van der Waals surface area contributed by atoms with Crippen molar-refractivity contribution in [1.82, 2.24) is 9.91 Å². The molecule has 0 aliphatic carbocycles. The zero-order valence-electron chi connectivity index (χ0n) is 16.7. The molecule has 0 N–H and O–H groups in total. The number of likely N-dealkylation sites (tertiary alicyclic amines) is 1. The standard InChI is InChI=1S/C23H26FN3O2/c1-29-18-11-9-17(10-12-18)21-15-22(19-7-3-4-8-20(19)24)27(25-21)23(28)16-26-13-5-2-6-14-26/h3-4,7-12,22H,2,5-6,13-16H2,1H3/t22-/m0/s1. The summed E-state index contributed by atoms with van der Waals surface area (Å²) in [6.45, 7) is 2.18. The second-order valence-electron chi connectivity index (χ2n) is 7.59. The Bertz CT molecular complexity index is 891. The van der Waals surface area contributed by atoms with Crippen molar-refractivity contribution in [2.24, 2.45) is 5.10 Å². The first-order chi connectivity index (χ1) is 14.2. The Balaban J connectivity index is 1.61. The lowest BCUT2D eigenvalue weighted by Crippen LogP contribution is -2.40. The van der Waals surface area contributed by atoms with E-state index in [4.69, 9.17) is 4.74 Å². The van der Waals surface area contributed by atoms with Gasteiger partial charge in [-0.2, -0.15) is 5.10 Å². The van der Waals surface area contributed by atoms with Crippen LogP contribution in [0, 0.1) is 5.82 Å². The van der Waals surface area contributed by atoms with Crippen molar-refractivity contribution in [1.29, 1.82) is 0 Å². The summed E-state index contributed by atoms with van der Waals surface area (Å²) in [5, 5.41) is 6.14. The minimum absolute atomic E-state index is 0.0799. The molecule has 0 aromatic heterocycles. The van der Waals surface area contributed by atoms with Gasteiger partial charge in [0.2, 0.25) is 0 Å². The van der Waals surface area contributed by atoms with Crippen LogP contribution in [0.1, 0.15) is 42.9 Å². The van der Waals surface area contributed by atoms with Crippen molar-refractivity contribution in [3.05, 3.63) is 65.5 Å². The Kier molecular flexibility index (Phi) is 5.90. The van der Waals surface area contributed by atoms with Crippen LogP contribution in [0.15, 0.2) is 53.6 Å². The Morgan fingerprint density at radius 1 is 1.10 bits per heavy atom. The lowest BCUT2D eigenvalue weighted by atomic mass is 9.98. The first-order valence-corrected chi connectivity index (χ1v) is 10.2. The molecule has 2 aromatic rings. The molecule has 0 radical (unpaired) electrons. The largest absolute Gasteiger partial charge is 0.497 e. The van der Waals surface area contributed by atoms with E-state index < -0.39 is 6.04 Å². The van der Waals surface area contributed by atoms with Crippen LogP contribution in [-0.4, -0.2) is 48.3 Å². The number of ether oxygens (including phenoxy) is 1. The fraction of sp³-hybridized carbons (Fsp3) is 0.391. The van der Waals surface area contributed by atoms with Crippen molar-refractivity contribution in [2.75, 3.05) is 26.7 Å². The van der Waals surface area contributed by atoms with Crippen LogP contribution in [0.4, 0.5) is 4.39 Å². The zero-order valence-corrected chi connectivity index (χ0v) is 16.7. The van der Waals surface area contributed by atoms with Gasteiger partial charge in [0.1, 0.15) is 11.6 Å². The van der Waals surface area contributed by atoms with Gasteiger partial charge in [0, 0.05) is 12.0 Å². The Morgan fingerprint density at radius 3 is 2.52 bits per heavy atom. The molecule has 152 valence electrons. The third kappa shape index (κ3) is 4.32. The first-order valence-electron chi connectivity index (χ1n) is 10.2. The van der Waals surface area contributed by atoms with Crippen molar-refractivity contribution in [3.63, 3.8) is 0 Å². The van der Waals surface area contributed by atoms with E-state index in [2.05, 4.69) is 10.0 Å². The van der Waals surface area contributed by atoms with Gasteiger partial charge in [0.25, 0.3) is 5.91 Å². The molecule has 2 aliphatic rings. The maximum Gasteiger partial charge on any atom is 0.257 e. The van der Waals surface area contributed by atoms with E-state index in [0.29, 0.717) is 18.5 Å². The summed E-state index contributed by atoms with van der Waals surface area (Å²) >= 11 is 0. The fourth-order valence-electron chi connectivity index (χ4n) is 4.07. The van der Waals surface area contributed by atoms with E-state index in [1.54, 1.807) is 25.3 Å². The van der Waals surface area contributed by atoms with Crippen LogP contribution in [-0.2, 0) is 4.79 Å². The van der Waals surface area contributed by atoms with Crippen LogP contribution in [0.3, 0.4) is 0 Å². The molecule has 0 bridgehead atoms. The third-order valence-electron chi connectivity index (χ3n) is 5.66. The fourth-order valence-corrected chi connectivity index (χ4v) is 4.07. The SMILES string of the molecule is COc1ccc(C2=NN(C(=O)CN3CCCCC3)[C@H](c3ccccc3F)C2)cc1. The maximum absolute atomic E-state index is 14.5. The lowest BCUT2D eigenvalue weighted by Gasteiger charge is -2.29. The molecule has 1 atom stereocenters. The van der Waals surface area contributed by atoms with E-state index in [0.717, 1.165) is 43.0 Å². The molecule has 2 aliphatic heterocycles. The van der Waals surface area contributed by atoms with Gasteiger partial charge in [-0.3, -0.25) is 9.69 Å². The predicted octanol–water partition coefficient (Wildman–Crippen LogP) is 4.00. The highest BCUT2D eigenvalue weighted by Gasteiger charge is 2.35. The molecule has 1 amide bonds. The van der Waals surface area contributed by atoms with Crippen LogP contribution in [0.2, 0.25) is 0 Å². The molecular weight excluding hydrogens is 369 g/mol. The van der Waals surface area contributed by atoms with Crippen molar-refractivity contribution >= 4 is 11.6 Å². The molecule has 1 fully saturated rings. The number of piperidine rings is 1. The number of hydrazone groups is 1. The Hall–Kier alpha value is -2.73. The van der Waals surface area contributed by atoms with Gasteiger partial charge in [-0.15, -0.1) is 0 Å². The molecule has 2 aromatic carbocycles. The van der Waals surface area contributed by atoms with Gasteiger partial charge in [0.05, 0.1) is 25.4 Å². The van der Waals surface area contributed by atoms with Crippen LogP contribution < -0.4 is 4.74 Å². The van der Waals surface area contributed by atoms with Gasteiger partial charge in [0.15, 0.2) is 0 Å². The van der Waals surface area contributed by atoms with Crippen molar-refractivity contribution in [2.45, 2.75) is 31.7 Å². The van der Waals surface area contributed by atoms with Crippen LogP contribution >= 0.6 is 0 Å². The van der Waals surface area contributed by atoms with E-state index in [-0.39, 0.29) is 11.7 Å². The average molecular weight is 395 g/mol. The summed E-state index contributed by atoms with van der Waals surface area (Å²) in [4.78, 5) is 15.3. The van der Waals surface area contributed by atoms with Gasteiger partial charge in [-0.1, -0.05) is 24.6 Å². The normalized spacial score (nSPS) is 19.9. The molecule has 5 nitrogen and oxygen atoms in total.